The quantitative estimate of drug-likeness (QED) is 0.166. The zero-order chi connectivity index (χ0) is 31.4. The number of nitrogens with one attached hydrogen (secondary N) is 5. The normalized spacial score (nSPS) is 16.5. The molecule has 44 heavy (non-hydrogen) atoms. The molecule has 1 aliphatic carbocycles. The molecule has 7 N–H and O–H groups in total. The number of rotatable bonds is 9. The second-order valence-electron chi connectivity index (χ2n) is 11.3. The van der Waals surface area contributed by atoms with Gasteiger partial charge >= 0.3 is 6.03 Å². The molecule has 0 aliphatic heterocycles. The molecule has 5 rings (SSSR count). The van der Waals surface area contributed by atoms with E-state index in [1.54, 1.807) is 56.4 Å². The smallest absolute Gasteiger partial charge is 0.324 e. The van der Waals surface area contributed by atoms with Gasteiger partial charge in [-0.05, 0) is 60.2 Å². The van der Waals surface area contributed by atoms with Gasteiger partial charge in [-0.1, -0.05) is 55.8 Å². The molecule has 2 aromatic heterocycles. The van der Waals surface area contributed by atoms with E-state index >= 15 is 0 Å². The number of aryl methyl sites for hydroxylation is 1. The van der Waals surface area contributed by atoms with Crippen molar-refractivity contribution >= 4 is 57.8 Å². The summed E-state index contributed by atoms with van der Waals surface area (Å²) < 4.78 is 0. The maximum Gasteiger partial charge on any atom is 0.324 e. The Balaban J connectivity index is 1.37. The first kappa shape index (κ1) is 30.6. The van der Waals surface area contributed by atoms with E-state index in [0.717, 1.165) is 22.2 Å². The molecule has 4 aromatic rings. The zero-order valence-corrected chi connectivity index (χ0v) is 25.1. The van der Waals surface area contributed by atoms with Gasteiger partial charge in [0.2, 0.25) is 17.7 Å². The van der Waals surface area contributed by atoms with Crippen LogP contribution in [-0.4, -0.2) is 45.3 Å². The van der Waals surface area contributed by atoms with Crippen LogP contribution in [-0.2, 0) is 33.6 Å². The van der Waals surface area contributed by atoms with Crippen LogP contribution in [0.4, 0.5) is 16.3 Å². The number of hydrogen-bond donors (Lipinski definition) is 6. The summed E-state index contributed by atoms with van der Waals surface area (Å²) in [7, 11) is 0. The molecular weight excluding hydrogens is 582 g/mol. The molecule has 11 nitrogen and oxygen atoms in total. The van der Waals surface area contributed by atoms with E-state index in [2.05, 4.69) is 31.2 Å². The van der Waals surface area contributed by atoms with Crippen LogP contribution in [0.15, 0.2) is 66.9 Å². The Morgan fingerprint density at radius 3 is 2.55 bits per heavy atom. The molecule has 2 aromatic carbocycles. The van der Waals surface area contributed by atoms with E-state index in [1.807, 2.05) is 24.3 Å². The first-order valence-electron chi connectivity index (χ1n) is 14.3. The number of aromatic nitrogens is 2. The lowest BCUT2D eigenvalue weighted by atomic mass is 9.78. The Kier molecular flexibility index (Phi) is 8.86. The maximum atomic E-state index is 13.9. The highest BCUT2D eigenvalue weighted by atomic mass is 35.5. The van der Waals surface area contributed by atoms with Crippen LogP contribution < -0.4 is 27.0 Å². The highest BCUT2D eigenvalue weighted by Crippen LogP contribution is 2.35. The van der Waals surface area contributed by atoms with Crippen LogP contribution in [0.3, 0.4) is 0 Å². The van der Waals surface area contributed by atoms with Gasteiger partial charge in [-0.15, -0.1) is 0 Å². The molecule has 12 heteroatoms. The highest BCUT2D eigenvalue weighted by molar-refractivity contribution is 6.33. The van der Waals surface area contributed by atoms with Gasteiger partial charge in [0.05, 0.1) is 17.1 Å². The Hall–Kier alpha value is -4.90. The third-order valence-corrected chi connectivity index (χ3v) is 8.14. The number of aromatic amines is 1. The summed E-state index contributed by atoms with van der Waals surface area (Å²) in [5.41, 5.74) is 8.06. The SMILES string of the molecule is CC(C)[C@H](NC(=O)[C@@]1(NC(=O)Cc2ccc(Cl)c(NC(=O)Nc3ccccn3)c2)CCc2[nH]c3ccccc3c2C1)C(N)=O. The van der Waals surface area contributed by atoms with Gasteiger partial charge in [0, 0.05) is 29.2 Å². The van der Waals surface area contributed by atoms with Crippen LogP contribution in [0.5, 0.6) is 0 Å². The number of pyridine rings is 1. The topological polar surface area (TPSA) is 171 Å². The molecule has 0 unspecified atom stereocenters. The molecule has 2 atom stereocenters. The number of benzene rings is 2. The summed E-state index contributed by atoms with van der Waals surface area (Å²) in [6.07, 6.45) is 2.52. The molecule has 0 spiro atoms. The second kappa shape index (κ2) is 12.8. The van der Waals surface area contributed by atoms with E-state index in [-0.39, 0.29) is 23.8 Å². The number of primary amides is 1. The van der Waals surface area contributed by atoms with Crippen molar-refractivity contribution in [3.63, 3.8) is 0 Å². The molecule has 0 bridgehead atoms. The van der Waals surface area contributed by atoms with E-state index < -0.39 is 35.3 Å². The van der Waals surface area contributed by atoms with Crippen LogP contribution in [0.1, 0.15) is 37.1 Å². The fourth-order valence-electron chi connectivity index (χ4n) is 5.58. The number of nitrogens with zero attached hydrogens (tertiary/aromatic N) is 1. The monoisotopic (exact) mass is 615 g/mol. The minimum Gasteiger partial charge on any atom is -0.368 e. The lowest BCUT2D eigenvalue weighted by Gasteiger charge is -2.38. The molecule has 0 fully saturated rings. The van der Waals surface area contributed by atoms with Crippen molar-refractivity contribution in [2.75, 3.05) is 10.6 Å². The molecule has 5 amide bonds. The second-order valence-corrected chi connectivity index (χ2v) is 11.7. The number of carbonyl (C=O) groups excluding carboxylic acids is 4. The van der Waals surface area contributed by atoms with E-state index in [4.69, 9.17) is 17.3 Å². The van der Waals surface area contributed by atoms with Gasteiger partial charge in [-0.3, -0.25) is 19.7 Å². The summed E-state index contributed by atoms with van der Waals surface area (Å²) in [6, 6.07) is 16.3. The highest BCUT2D eigenvalue weighted by Gasteiger charge is 2.45. The van der Waals surface area contributed by atoms with Crippen LogP contribution in [0.2, 0.25) is 5.02 Å². The van der Waals surface area contributed by atoms with Gasteiger partial charge in [0.15, 0.2) is 0 Å². The van der Waals surface area contributed by atoms with Crippen molar-refractivity contribution in [3.05, 3.63) is 88.7 Å². The van der Waals surface area contributed by atoms with E-state index in [1.165, 1.54) is 0 Å². The number of urea groups is 1. The van der Waals surface area contributed by atoms with Gasteiger partial charge in [-0.2, -0.15) is 0 Å². The lowest BCUT2D eigenvalue weighted by molar-refractivity contribution is -0.136. The molecule has 1 aliphatic rings. The van der Waals surface area contributed by atoms with E-state index in [9.17, 15) is 19.2 Å². The third-order valence-electron chi connectivity index (χ3n) is 7.81. The number of nitrogens with two attached hydrogens (primary N) is 1. The predicted octanol–water partition coefficient (Wildman–Crippen LogP) is 4.07. The first-order chi connectivity index (χ1) is 21.0. The van der Waals surface area contributed by atoms with Gasteiger partial charge < -0.3 is 26.7 Å². The summed E-state index contributed by atoms with van der Waals surface area (Å²) in [4.78, 5) is 59.7. The molecule has 2 heterocycles. The third kappa shape index (κ3) is 6.68. The number of hydrogen-bond acceptors (Lipinski definition) is 5. The first-order valence-corrected chi connectivity index (χ1v) is 14.7. The minimum absolute atomic E-state index is 0.0904. The molecule has 0 saturated carbocycles. The van der Waals surface area contributed by atoms with Gasteiger partial charge in [0.1, 0.15) is 17.4 Å². The van der Waals surface area contributed by atoms with Crippen LogP contribution >= 0.6 is 11.6 Å². The standard InChI is InChI=1S/C32H34ClN7O4/c1-18(2)28(29(34)42)39-30(43)32(13-12-24-21(17-32)20-7-3-4-8-23(20)36-24)40-27(41)16-19-10-11-22(33)25(15-19)37-31(44)38-26-9-5-6-14-35-26/h3-11,14-15,18,28,36H,12-13,16-17H2,1-2H3,(H2,34,42)(H,39,43)(H,40,41)(H2,35,37,38,44)/t28-,32+/m0/s1. The predicted molar refractivity (Wildman–Crippen MR) is 169 cm³/mol. The van der Waals surface area contributed by atoms with Crippen molar-refractivity contribution in [2.45, 2.75) is 51.1 Å². The molecule has 228 valence electrons. The number of anilines is 2. The van der Waals surface area contributed by atoms with Crippen molar-refractivity contribution in [3.8, 4) is 0 Å². The van der Waals surface area contributed by atoms with Gasteiger partial charge in [-0.25, -0.2) is 9.78 Å². The Labute approximate surface area is 259 Å². The van der Waals surface area contributed by atoms with Crippen molar-refractivity contribution in [1.82, 2.24) is 20.6 Å². The largest absolute Gasteiger partial charge is 0.368 e. The average molecular weight is 616 g/mol. The van der Waals surface area contributed by atoms with Crippen LogP contribution in [0.25, 0.3) is 10.9 Å². The minimum atomic E-state index is -1.33. The molecule has 0 radical (unpaired) electrons. The summed E-state index contributed by atoms with van der Waals surface area (Å²) >= 11 is 6.33. The number of carbonyl (C=O) groups is 4. The number of H-pyrrole nitrogens is 1. The molecule has 0 saturated heterocycles. The fourth-order valence-corrected chi connectivity index (χ4v) is 5.75. The summed E-state index contributed by atoms with van der Waals surface area (Å²) in [6.45, 7) is 3.59. The van der Waals surface area contributed by atoms with Gasteiger partial charge in [0.25, 0.3) is 0 Å². The molecular formula is C32H34ClN7O4. The number of para-hydroxylation sites is 1. The summed E-state index contributed by atoms with van der Waals surface area (Å²) in [5, 5.41) is 12.4. The van der Waals surface area contributed by atoms with Crippen molar-refractivity contribution in [1.29, 1.82) is 0 Å². The Morgan fingerprint density at radius 1 is 1.05 bits per heavy atom. The Bertz CT molecular complexity index is 1720. The van der Waals surface area contributed by atoms with Crippen molar-refractivity contribution in [2.24, 2.45) is 11.7 Å². The fraction of sp³-hybridized carbons (Fsp3) is 0.281. The van der Waals surface area contributed by atoms with Crippen LogP contribution in [0, 0.1) is 5.92 Å². The number of amides is 5. The lowest BCUT2D eigenvalue weighted by Crippen LogP contribution is -2.64. The van der Waals surface area contributed by atoms with E-state index in [0.29, 0.717) is 29.9 Å². The van der Waals surface area contributed by atoms with Crippen molar-refractivity contribution < 1.29 is 19.2 Å². The zero-order valence-electron chi connectivity index (χ0n) is 24.4. The maximum absolute atomic E-state index is 13.9. The number of fused-ring (bicyclic) bond motifs is 3. The Morgan fingerprint density at radius 2 is 1.82 bits per heavy atom. The average Bonchev–Trinajstić information content (AvgIpc) is 3.35. The number of halogens is 1. The summed E-state index contributed by atoms with van der Waals surface area (Å²) in [5.74, 6) is -1.40.